The Bertz CT molecular complexity index is 720. The molecule has 0 atom stereocenters. The number of imidazole rings is 1. The molecule has 0 amide bonds. The molecule has 0 aliphatic carbocycles. The van der Waals surface area contributed by atoms with Crippen LogP contribution in [0.5, 0.6) is 0 Å². The van der Waals surface area contributed by atoms with Crippen LogP contribution in [-0.4, -0.2) is 25.4 Å². The van der Waals surface area contributed by atoms with Crippen LogP contribution in [0.2, 0.25) is 0 Å². The standard InChI is InChI=1S/C12H9N5O/c13-10-9-11(15-6-14-10)16-7-17(9)12(18)8-4-2-1-3-5-8/h1-7H,(H2,13,14,15). The number of anilines is 1. The first kappa shape index (κ1) is 10.4. The first-order valence-corrected chi connectivity index (χ1v) is 5.30. The van der Waals surface area contributed by atoms with Crippen LogP contribution < -0.4 is 5.73 Å². The second kappa shape index (κ2) is 3.92. The van der Waals surface area contributed by atoms with Crippen LogP contribution in [0.3, 0.4) is 0 Å². The molecule has 0 saturated heterocycles. The van der Waals surface area contributed by atoms with E-state index in [1.807, 2.05) is 6.07 Å². The Labute approximate surface area is 102 Å². The second-order valence-corrected chi connectivity index (χ2v) is 3.72. The third-order valence-electron chi connectivity index (χ3n) is 2.61. The molecule has 3 aromatic rings. The van der Waals surface area contributed by atoms with Crippen molar-refractivity contribution in [2.45, 2.75) is 0 Å². The van der Waals surface area contributed by atoms with E-state index in [1.165, 1.54) is 17.2 Å². The molecule has 0 radical (unpaired) electrons. The Morgan fingerprint density at radius 2 is 1.89 bits per heavy atom. The fourth-order valence-corrected chi connectivity index (χ4v) is 1.75. The van der Waals surface area contributed by atoms with Gasteiger partial charge < -0.3 is 5.73 Å². The van der Waals surface area contributed by atoms with Gasteiger partial charge in [0.1, 0.15) is 18.2 Å². The highest BCUT2D eigenvalue weighted by molar-refractivity contribution is 6.02. The van der Waals surface area contributed by atoms with E-state index in [1.54, 1.807) is 24.3 Å². The molecule has 0 fully saturated rings. The number of aromatic nitrogens is 4. The number of benzene rings is 1. The number of nitrogens with zero attached hydrogens (tertiary/aromatic N) is 4. The van der Waals surface area contributed by atoms with Gasteiger partial charge in [0, 0.05) is 5.56 Å². The van der Waals surface area contributed by atoms with E-state index < -0.39 is 0 Å². The topological polar surface area (TPSA) is 86.7 Å². The molecule has 1 aromatic carbocycles. The lowest BCUT2D eigenvalue weighted by molar-refractivity contribution is 0.0964. The maximum atomic E-state index is 12.3. The molecule has 2 heterocycles. The Morgan fingerprint density at radius 3 is 2.67 bits per heavy atom. The van der Waals surface area contributed by atoms with Crippen LogP contribution in [-0.2, 0) is 0 Å². The van der Waals surface area contributed by atoms with Gasteiger partial charge in [-0.15, -0.1) is 0 Å². The summed E-state index contributed by atoms with van der Waals surface area (Å²) in [5.74, 6) is 0.0291. The summed E-state index contributed by atoms with van der Waals surface area (Å²) in [6.45, 7) is 0. The fourth-order valence-electron chi connectivity index (χ4n) is 1.75. The highest BCUT2D eigenvalue weighted by Gasteiger charge is 2.15. The summed E-state index contributed by atoms with van der Waals surface area (Å²) < 4.78 is 1.36. The van der Waals surface area contributed by atoms with E-state index in [2.05, 4.69) is 15.0 Å². The predicted octanol–water partition coefficient (Wildman–Crippen LogP) is 1.10. The van der Waals surface area contributed by atoms with Gasteiger partial charge in [0.05, 0.1) is 0 Å². The van der Waals surface area contributed by atoms with Crippen molar-refractivity contribution in [3.8, 4) is 0 Å². The van der Waals surface area contributed by atoms with E-state index in [9.17, 15) is 4.79 Å². The van der Waals surface area contributed by atoms with Crippen molar-refractivity contribution in [1.29, 1.82) is 0 Å². The number of nitrogen functional groups attached to an aromatic ring is 1. The molecule has 0 aliphatic rings. The van der Waals surface area contributed by atoms with Gasteiger partial charge in [-0.1, -0.05) is 18.2 Å². The molecule has 3 rings (SSSR count). The number of hydrogen-bond acceptors (Lipinski definition) is 5. The van der Waals surface area contributed by atoms with E-state index in [-0.39, 0.29) is 11.7 Å². The number of fused-ring (bicyclic) bond motifs is 1. The maximum absolute atomic E-state index is 12.3. The molecule has 6 heteroatoms. The van der Waals surface area contributed by atoms with Crippen molar-refractivity contribution >= 4 is 22.9 Å². The van der Waals surface area contributed by atoms with Gasteiger partial charge in [0.25, 0.3) is 5.91 Å². The van der Waals surface area contributed by atoms with Gasteiger partial charge in [-0.25, -0.2) is 15.0 Å². The van der Waals surface area contributed by atoms with Crippen LogP contribution in [0.1, 0.15) is 10.4 Å². The first-order chi connectivity index (χ1) is 8.77. The minimum absolute atomic E-state index is 0.209. The largest absolute Gasteiger partial charge is 0.382 e. The Hall–Kier alpha value is -2.76. The smallest absolute Gasteiger partial charge is 0.263 e. The lowest BCUT2D eigenvalue weighted by Gasteiger charge is -2.03. The van der Waals surface area contributed by atoms with Crippen LogP contribution in [0.25, 0.3) is 11.2 Å². The molecule has 18 heavy (non-hydrogen) atoms. The van der Waals surface area contributed by atoms with Crippen LogP contribution >= 0.6 is 0 Å². The summed E-state index contributed by atoms with van der Waals surface area (Å²) in [6.07, 6.45) is 2.73. The summed E-state index contributed by atoms with van der Waals surface area (Å²) in [6, 6.07) is 8.90. The molecule has 2 aromatic heterocycles. The van der Waals surface area contributed by atoms with Gasteiger partial charge in [0.15, 0.2) is 11.5 Å². The maximum Gasteiger partial charge on any atom is 0.263 e. The van der Waals surface area contributed by atoms with E-state index in [4.69, 9.17) is 5.73 Å². The number of carbonyl (C=O) groups is 1. The highest BCUT2D eigenvalue weighted by Crippen LogP contribution is 2.16. The molecule has 0 unspecified atom stereocenters. The van der Waals surface area contributed by atoms with Crippen molar-refractivity contribution in [2.24, 2.45) is 0 Å². The minimum atomic E-state index is -0.209. The SMILES string of the molecule is Nc1ncnc2ncn(C(=O)c3ccccc3)c12. The van der Waals surface area contributed by atoms with Crippen LogP contribution in [0, 0.1) is 0 Å². The summed E-state index contributed by atoms with van der Waals surface area (Å²) in [5.41, 5.74) is 7.15. The third-order valence-corrected chi connectivity index (χ3v) is 2.61. The van der Waals surface area contributed by atoms with Crippen LogP contribution in [0.4, 0.5) is 5.82 Å². The van der Waals surface area contributed by atoms with E-state index in [0.717, 1.165) is 0 Å². The van der Waals surface area contributed by atoms with Crippen LogP contribution in [0.15, 0.2) is 43.0 Å². The zero-order valence-corrected chi connectivity index (χ0v) is 9.32. The summed E-state index contributed by atoms with van der Waals surface area (Å²) in [4.78, 5) is 24.2. The summed E-state index contributed by atoms with van der Waals surface area (Å²) in [7, 11) is 0. The molecule has 0 saturated carbocycles. The third kappa shape index (κ3) is 1.51. The number of hydrogen-bond donors (Lipinski definition) is 1. The van der Waals surface area contributed by atoms with Crippen molar-refractivity contribution in [1.82, 2.24) is 19.5 Å². The molecule has 0 spiro atoms. The molecule has 0 bridgehead atoms. The van der Waals surface area contributed by atoms with Gasteiger partial charge in [-0.3, -0.25) is 9.36 Å². The predicted molar refractivity (Wildman–Crippen MR) is 65.9 cm³/mol. The number of nitrogens with two attached hydrogens (primary N) is 1. The van der Waals surface area contributed by atoms with E-state index in [0.29, 0.717) is 16.7 Å². The van der Waals surface area contributed by atoms with Gasteiger partial charge in [0.2, 0.25) is 0 Å². The highest BCUT2D eigenvalue weighted by atomic mass is 16.2. The minimum Gasteiger partial charge on any atom is -0.382 e. The monoisotopic (exact) mass is 239 g/mol. The van der Waals surface area contributed by atoms with Crippen molar-refractivity contribution in [3.63, 3.8) is 0 Å². The average molecular weight is 239 g/mol. The van der Waals surface area contributed by atoms with E-state index >= 15 is 0 Å². The quantitative estimate of drug-likeness (QED) is 0.687. The first-order valence-electron chi connectivity index (χ1n) is 5.30. The van der Waals surface area contributed by atoms with Gasteiger partial charge >= 0.3 is 0 Å². The molecular formula is C12H9N5O. The zero-order chi connectivity index (χ0) is 12.5. The number of carbonyl (C=O) groups excluding carboxylic acids is 1. The molecule has 2 N–H and O–H groups in total. The Balaban J connectivity index is 2.19. The Kier molecular flexibility index (Phi) is 2.26. The zero-order valence-electron chi connectivity index (χ0n) is 9.32. The number of rotatable bonds is 1. The Morgan fingerprint density at radius 1 is 1.11 bits per heavy atom. The molecular weight excluding hydrogens is 230 g/mol. The fraction of sp³-hybridized carbons (Fsp3) is 0. The molecule has 0 aliphatic heterocycles. The second-order valence-electron chi connectivity index (χ2n) is 3.72. The van der Waals surface area contributed by atoms with Crippen molar-refractivity contribution < 1.29 is 4.79 Å². The average Bonchev–Trinajstić information content (AvgIpc) is 2.84. The molecule has 6 nitrogen and oxygen atoms in total. The van der Waals surface area contributed by atoms with Crippen molar-refractivity contribution in [3.05, 3.63) is 48.5 Å². The molecule has 88 valence electrons. The van der Waals surface area contributed by atoms with Gasteiger partial charge in [-0.2, -0.15) is 0 Å². The lowest BCUT2D eigenvalue weighted by atomic mass is 10.2. The van der Waals surface area contributed by atoms with Gasteiger partial charge in [-0.05, 0) is 12.1 Å². The lowest BCUT2D eigenvalue weighted by Crippen LogP contribution is -2.12. The normalized spacial score (nSPS) is 10.7. The van der Waals surface area contributed by atoms with Crippen molar-refractivity contribution in [2.75, 3.05) is 5.73 Å². The summed E-state index contributed by atoms with van der Waals surface area (Å²) >= 11 is 0. The summed E-state index contributed by atoms with van der Waals surface area (Å²) in [5, 5.41) is 0.